The number of hydrogen-bond acceptors (Lipinski definition) is 4. The van der Waals surface area contributed by atoms with Crippen molar-refractivity contribution in [3.8, 4) is 0 Å². The molecule has 6 aromatic rings. The summed E-state index contributed by atoms with van der Waals surface area (Å²) < 4.78 is 0. The van der Waals surface area contributed by atoms with Gasteiger partial charge in [-0.25, -0.2) is 0 Å². The Morgan fingerprint density at radius 3 is 1.52 bits per heavy atom. The van der Waals surface area contributed by atoms with E-state index in [2.05, 4.69) is 89.7 Å². The maximum absolute atomic E-state index is 5.82. The first-order valence-electron chi connectivity index (χ1n) is 14.3. The molecule has 0 fully saturated rings. The van der Waals surface area contributed by atoms with Gasteiger partial charge in [-0.15, -0.1) is 11.6 Å². The van der Waals surface area contributed by atoms with Crippen molar-refractivity contribution in [1.29, 1.82) is 0 Å². The lowest BCUT2D eigenvalue weighted by Crippen LogP contribution is -1.98. The highest BCUT2D eigenvalue weighted by Gasteiger charge is 2.16. The lowest BCUT2D eigenvalue weighted by Gasteiger charge is -2.03. The molecule has 2 heterocycles. The van der Waals surface area contributed by atoms with Gasteiger partial charge in [-0.1, -0.05) is 113 Å². The molecule has 44 heavy (non-hydrogen) atoms. The number of alkyl halides is 1. The van der Waals surface area contributed by atoms with E-state index in [0.29, 0.717) is 17.3 Å². The predicted molar refractivity (Wildman–Crippen MR) is 197 cm³/mol. The zero-order chi connectivity index (χ0) is 29.1. The third-order valence-corrected chi connectivity index (χ3v) is 8.23. The summed E-state index contributed by atoms with van der Waals surface area (Å²) in [6, 6.07) is 37.2. The molecule has 0 spiro atoms. The number of halogens is 1. The molecule has 2 aliphatic heterocycles. The Bertz CT molecular complexity index is 1890. The SMILES string of the molecule is C.C.CCC1=Nc2ccc3ccccc3c2C1.ClCC1=Nc2ccc3ccccc3c2C1.Nc1ccc2ccccc2c1N. The fourth-order valence-corrected chi connectivity index (χ4v) is 5.81. The molecule has 2 aliphatic rings. The van der Waals surface area contributed by atoms with Gasteiger partial charge in [0.15, 0.2) is 0 Å². The van der Waals surface area contributed by atoms with Crippen molar-refractivity contribution in [3.63, 3.8) is 0 Å². The van der Waals surface area contributed by atoms with E-state index in [4.69, 9.17) is 23.1 Å². The molecule has 0 aromatic heterocycles. The van der Waals surface area contributed by atoms with Crippen molar-refractivity contribution in [1.82, 2.24) is 0 Å². The summed E-state index contributed by atoms with van der Waals surface area (Å²) in [5.41, 5.74) is 20.1. The monoisotopic (exact) mass is 600 g/mol. The highest BCUT2D eigenvalue weighted by Crippen LogP contribution is 2.35. The molecular weight excluding hydrogens is 560 g/mol. The summed E-state index contributed by atoms with van der Waals surface area (Å²) in [6.45, 7) is 2.17. The third-order valence-electron chi connectivity index (χ3n) is 7.92. The quantitative estimate of drug-likeness (QED) is 0.153. The highest BCUT2D eigenvalue weighted by atomic mass is 35.5. The molecule has 0 saturated heterocycles. The second-order valence-corrected chi connectivity index (χ2v) is 10.8. The number of anilines is 2. The van der Waals surface area contributed by atoms with Crippen molar-refractivity contribution in [3.05, 3.63) is 120 Å². The molecule has 0 amide bonds. The Morgan fingerprint density at radius 2 is 1.00 bits per heavy atom. The number of nitrogen functional groups attached to an aromatic ring is 2. The topological polar surface area (TPSA) is 76.8 Å². The molecule has 8 rings (SSSR count). The molecule has 0 aliphatic carbocycles. The molecule has 0 radical (unpaired) electrons. The minimum atomic E-state index is 0. The van der Waals surface area contributed by atoms with Gasteiger partial charge in [0.25, 0.3) is 0 Å². The molecule has 224 valence electrons. The average molecular weight is 601 g/mol. The average Bonchev–Trinajstić information content (AvgIpc) is 3.68. The van der Waals surface area contributed by atoms with Gasteiger partial charge in [0.2, 0.25) is 0 Å². The molecule has 6 aromatic carbocycles. The number of benzene rings is 6. The van der Waals surface area contributed by atoms with E-state index in [-0.39, 0.29) is 14.9 Å². The van der Waals surface area contributed by atoms with Crippen LogP contribution in [0.25, 0.3) is 32.3 Å². The Morgan fingerprint density at radius 1 is 0.568 bits per heavy atom. The lowest BCUT2D eigenvalue weighted by molar-refractivity contribution is 1.23. The molecule has 5 heteroatoms. The van der Waals surface area contributed by atoms with Gasteiger partial charge in [0.05, 0.1) is 28.6 Å². The first kappa shape index (κ1) is 32.2. The first-order chi connectivity index (χ1) is 20.6. The van der Waals surface area contributed by atoms with Gasteiger partial charge >= 0.3 is 0 Å². The number of rotatable bonds is 2. The van der Waals surface area contributed by atoms with Crippen molar-refractivity contribution in [2.45, 2.75) is 41.0 Å². The van der Waals surface area contributed by atoms with Crippen molar-refractivity contribution in [2.75, 3.05) is 17.3 Å². The number of nitrogens with zero attached hydrogens (tertiary/aromatic N) is 2. The molecule has 4 nitrogen and oxygen atoms in total. The second-order valence-electron chi connectivity index (χ2n) is 10.6. The standard InChI is InChI=1S/C14H13N.C13H10ClN.C10H10N2.2CH4/c1-2-11-9-13-12-6-4-3-5-10(12)7-8-14(13)15-11;14-8-10-7-12-11-4-2-1-3-9(11)5-6-13(12)15-10;11-9-6-5-7-3-1-2-4-8(7)10(9)12;;/h3-8H,2,9H2,1H3;1-6H,7-8H2;1-6H,11-12H2;2*1H4. The van der Waals surface area contributed by atoms with Crippen LogP contribution in [0.2, 0.25) is 0 Å². The van der Waals surface area contributed by atoms with Gasteiger partial charge in [0.1, 0.15) is 0 Å². The van der Waals surface area contributed by atoms with Gasteiger partial charge in [-0.2, -0.15) is 0 Å². The Kier molecular flexibility index (Phi) is 10.4. The van der Waals surface area contributed by atoms with Crippen molar-refractivity contribution < 1.29 is 0 Å². The van der Waals surface area contributed by atoms with Crippen molar-refractivity contribution >= 4 is 78.1 Å². The summed E-state index contributed by atoms with van der Waals surface area (Å²) in [4.78, 5) is 9.14. The van der Waals surface area contributed by atoms with Crippen LogP contribution >= 0.6 is 11.6 Å². The summed E-state index contributed by atoms with van der Waals surface area (Å²) in [6.07, 6.45) is 3.00. The van der Waals surface area contributed by atoms with Crippen LogP contribution in [-0.2, 0) is 12.8 Å². The molecule has 4 N–H and O–H groups in total. The zero-order valence-corrected chi connectivity index (χ0v) is 24.4. The van der Waals surface area contributed by atoms with Crippen LogP contribution in [0.15, 0.2) is 119 Å². The lowest BCUT2D eigenvalue weighted by atomic mass is 10.0. The van der Waals surface area contributed by atoms with Gasteiger partial charge in [-0.05, 0) is 62.7 Å². The largest absolute Gasteiger partial charge is 0.397 e. The van der Waals surface area contributed by atoms with Crippen LogP contribution in [0, 0.1) is 0 Å². The van der Waals surface area contributed by atoms with E-state index in [1.54, 1.807) is 0 Å². The van der Waals surface area contributed by atoms with Crippen LogP contribution in [0.3, 0.4) is 0 Å². The first-order valence-corrected chi connectivity index (χ1v) is 14.8. The van der Waals surface area contributed by atoms with Crippen LogP contribution < -0.4 is 11.5 Å². The van der Waals surface area contributed by atoms with Gasteiger partial charge < -0.3 is 11.5 Å². The maximum atomic E-state index is 5.82. The normalized spacial score (nSPS) is 12.4. The minimum Gasteiger partial charge on any atom is -0.397 e. The van der Waals surface area contributed by atoms with E-state index in [0.717, 1.165) is 41.4 Å². The third kappa shape index (κ3) is 6.46. The predicted octanol–water partition coefficient (Wildman–Crippen LogP) is 10.9. The summed E-state index contributed by atoms with van der Waals surface area (Å²) in [7, 11) is 0. The highest BCUT2D eigenvalue weighted by molar-refractivity contribution is 6.30. The number of nitrogens with two attached hydrogens (primary N) is 2. The van der Waals surface area contributed by atoms with Gasteiger partial charge in [0, 0.05) is 29.7 Å². The maximum Gasteiger partial charge on any atom is 0.0671 e. The molecular formula is C39H41ClN4. The fraction of sp³-hybridized carbons (Fsp3) is 0.179. The van der Waals surface area contributed by atoms with E-state index in [1.165, 1.54) is 44.1 Å². The number of hydrogen-bond donors (Lipinski definition) is 2. The second kappa shape index (κ2) is 14.2. The van der Waals surface area contributed by atoms with Crippen molar-refractivity contribution in [2.24, 2.45) is 9.98 Å². The summed E-state index contributed by atoms with van der Waals surface area (Å²) in [5, 5.41) is 7.42. The van der Waals surface area contributed by atoms with Crippen LogP contribution in [-0.4, -0.2) is 17.3 Å². The molecule has 0 atom stereocenters. The number of fused-ring (bicyclic) bond motifs is 7. The Labute approximate surface area is 266 Å². The Balaban J connectivity index is 0.000000148. The van der Waals surface area contributed by atoms with E-state index >= 15 is 0 Å². The zero-order valence-electron chi connectivity index (χ0n) is 23.6. The van der Waals surface area contributed by atoms with E-state index in [1.807, 2.05) is 36.4 Å². The minimum absolute atomic E-state index is 0. The van der Waals surface area contributed by atoms with E-state index in [9.17, 15) is 0 Å². The molecule has 0 unspecified atom stereocenters. The Hall–Kier alpha value is -4.67. The number of aliphatic imine (C=N–C) groups is 2. The fourth-order valence-electron chi connectivity index (χ4n) is 5.65. The van der Waals surface area contributed by atoms with Crippen LogP contribution in [0.1, 0.15) is 39.3 Å². The smallest absolute Gasteiger partial charge is 0.0671 e. The summed E-state index contributed by atoms with van der Waals surface area (Å²) in [5.74, 6) is 0.531. The van der Waals surface area contributed by atoms with Crippen LogP contribution in [0.5, 0.6) is 0 Å². The summed E-state index contributed by atoms with van der Waals surface area (Å²) >= 11 is 5.82. The van der Waals surface area contributed by atoms with Crippen LogP contribution in [0.4, 0.5) is 22.7 Å². The molecule has 0 saturated carbocycles. The molecule has 0 bridgehead atoms. The van der Waals surface area contributed by atoms with Gasteiger partial charge in [-0.3, -0.25) is 9.98 Å². The van der Waals surface area contributed by atoms with E-state index < -0.39 is 0 Å².